The summed E-state index contributed by atoms with van der Waals surface area (Å²) in [4.78, 5) is 4.83. The Hall–Kier alpha value is -5.34. The van der Waals surface area contributed by atoms with Gasteiger partial charge >= 0.3 is 0 Å². The van der Waals surface area contributed by atoms with Crippen LogP contribution in [0, 0.1) is 25.7 Å². The molecule has 0 N–H and O–H groups in total. The van der Waals surface area contributed by atoms with E-state index in [1.54, 1.807) is 0 Å². The van der Waals surface area contributed by atoms with Gasteiger partial charge in [0.15, 0.2) is 0 Å². The second-order valence-corrected chi connectivity index (χ2v) is 13.4. The Morgan fingerprint density at radius 3 is 2.18 bits per heavy atom. The van der Waals surface area contributed by atoms with Crippen molar-refractivity contribution in [3.63, 3.8) is 0 Å². The van der Waals surface area contributed by atoms with Crippen LogP contribution in [0.2, 0.25) is 0 Å². The third-order valence-corrected chi connectivity index (χ3v) is 10.00. The lowest BCUT2D eigenvalue weighted by Crippen LogP contribution is -2.24. The molecule has 3 aromatic rings. The normalized spacial score (nSPS) is 18.5. The average Bonchev–Trinajstić information content (AvgIpc) is 3.14. The van der Waals surface area contributed by atoms with Crippen LogP contribution < -0.4 is 9.80 Å². The summed E-state index contributed by atoms with van der Waals surface area (Å²) in [5.74, 6) is 0.757. The number of hydrogen-bond acceptors (Lipinski definition) is 2. The minimum Gasteiger partial charge on any atom is -0.314 e. The van der Waals surface area contributed by atoms with Gasteiger partial charge in [-0.2, -0.15) is 0 Å². The monoisotopic (exact) mass is 654 g/mol. The summed E-state index contributed by atoms with van der Waals surface area (Å²) >= 11 is 0. The van der Waals surface area contributed by atoms with Crippen LogP contribution in [-0.4, -0.2) is 0 Å². The molecule has 0 saturated carbocycles. The van der Waals surface area contributed by atoms with Crippen molar-refractivity contribution >= 4 is 17.1 Å². The topological polar surface area (TPSA) is 6.48 Å². The molecule has 50 heavy (non-hydrogen) atoms. The highest BCUT2D eigenvalue weighted by atomic mass is 15.2. The van der Waals surface area contributed by atoms with Crippen molar-refractivity contribution < 1.29 is 0 Å². The standard InChI is InChI=1S/C48H50N2/c1-7-10-12-20-37(6)49(47-27-18-23-39-21-15-16-26-46(39)47)41-29-31-43(35(4)33-41)44-32-30-42(34-36(44)5)50(40-24-13-11-14-25-40)48-28-17-22-38(9-3)45(48)19-8-2/h7,9-18,20-21,24-34,38-39H,1,3,8,19,22-23H2,2,4-6H3/b12-10-,37-20+/t38-,39-/m1/s1. The van der Waals surface area contributed by atoms with E-state index in [9.17, 15) is 0 Å². The lowest BCUT2D eigenvalue weighted by molar-refractivity contribution is 0.687. The number of benzene rings is 3. The van der Waals surface area contributed by atoms with Crippen LogP contribution in [0.5, 0.6) is 0 Å². The van der Waals surface area contributed by atoms with Gasteiger partial charge in [0.1, 0.15) is 0 Å². The van der Waals surface area contributed by atoms with Crippen LogP contribution in [0.15, 0.2) is 187 Å². The van der Waals surface area contributed by atoms with E-state index in [1.807, 2.05) is 12.2 Å². The van der Waals surface area contributed by atoms with Gasteiger partial charge in [-0.1, -0.05) is 111 Å². The number of fused-ring (bicyclic) bond motifs is 1. The minimum atomic E-state index is 0.357. The summed E-state index contributed by atoms with van der Waals surface area (Å²) in [5.41, 5.74) is 15.0. The molecule has 0 fully saturated rings. The molecule has 252 valence electrons. The Labute approximate surface area is 300 Å². The number of aryl methyl sites for hydroxylation is 2. The van der Waals surface area contributed by atoms with Crippen molar-refractivity contribution in [3.05, 3.63) is 198 Å². The van der Waals surface area contributed by atoms with E-state index in [0.29, 0.717) is 11.8 Å². The van der Waals surface area contributed by atoms with Crippen LogP contribution in [0.3, 0.4) is 0 Å². The lowest BCUT2D eigenvalue weighted by atomic mass is 9.86. The highest BCUT2D eigenvalue weighted by molar-refractivity contribution is 5.79. The summed E-state index contributed by atoms with van der Waals surface area (Å²) in [7, 11) is 0. The zero-order valence-electron chi connectivity index (χ0n) is 30.1. The van der Waals surface area contributed by atoms with Crippen LogP contribution in [0.4, 0.5) is 17.1 Å². The van der Waals surface area contributed by atoms with Gasteiger partial charge in [0, 0.05) is 46.0 Å². The Morgan fingerprint density at radius 1 is 0.780 bits per heavy atom. The molecule has 2 heteroatoms. The average molecular weight is 655 g/mol. The highest BCUT2D eigenvalue weighted by Crippen LogP contribution is 2.42. The molecule has 0 amide bonds. The fraction of sp³-hybridized carbons (Fsp3) is 0.208. The summed E-state index contributed by atoms with van der Waals surface area (Å²) < 4.78 is 0. The second-order valence-electron chi connectivity index (χ2n) is 13.4. The van der Waals surface area contributed by atoms with Crippen LogP contribution in [0.25, 0.3) is 11.1 Å². The van der Waals surface area contributed by atoms with Crippen molar-refractivity contribution in [3.8, 4) is 11.1 Å². The van der Waals surface area contributed by atoms with E-state index < -0.39 is 0 Å². The zero-order valence-corrected chi connectivity index (χ0v) is 30.1. The summed E-state index contributed by atoms with van der Waals surface area (Å²) in [5, 5.41) is 0. The maximum absolute atomic E-state index is 4.20. The Kier molecular flexibility index (Phi) is 11.0. The number of para-hydroxylation sites is 1. The molecule has 6 rings (SSSR count). The molecular weight excluding hydrogens is 605 g/mol. The molecule has 2 atom stereocenters. The third-order valence-electron chi connectivity index (χ3n) is 10.00. The van der Waals surface area contributed by atoms with Gasteiger partial charge in [0.05, 0.1) is 0 Å². The zero-order chi connectivity index (χ0) is 35.0. The molecular formula is C48H50N2. The summed E-state index contributed by atoms with van der Waals surface area (Å²) in [6.45, 7) is 17.0. The van der Waals surface area contributed by atoms with Crippen LogP contribution >= 0.6 is 0 Å². The van der Waals surface area contributed by atoms with Gasteiger partial charge in [-0.25, -0.2) is 0 Å². The van der Waals surface area contributed by atoms with Crippen molar-refractivity contribution in [1.29, 1.82) is 0 Å². The molecule has 0 aromatic heterocycles. The van der Waals surface area contributed by atoms with Crippen molar-refractivity contribution in [2.24, 2.45) is 11.8 Å². The largest absolute Gasteiger partial charge is 0.314 e. The first-order valence-corrected chi connectivity index (χ1v) is 18.1. The summed E-state index contributed by atoms with van der Waals surface area (Å²) in [6.07, 6.45) is 32.5. The van der Waals surface area contributed by atoms with Crippen molar-refractivity contribution in [1.82, 2.24) is 0 Å². The molecule has 3 aromatic carbocycles. The smallest absolute Gasteiger partial charge is 0.0493 e. The molecule has 2 nitrogen and oxygen atoms in total. The maximum Gasteiger partial charge on any atom is 0.0493 e. The molecule has 0 saturated heterocycles. The first-order chi connectivity index (χ1) is 24.4. The molecule has 3 aliphatic carbocycles. The van der Waals surface area contributed by atoms with Gasteiger partial charge in [0.25, 0.3) is 0 Å². The van der Waals surface area contributed by atoms with Crippen LogP contribution in [0.1, 0.15) is 50.7 Å². The number of anilines is 3. The van der Waals surface area contributed by atoms with Crippen LogP contribution in [-0.2, 0) is 0 Å². The molecule has 0 bridgehead atoms. The Balaban J connectivity index is 1.41. The van der Waals surface area contributed by atoms with E-state index in [2.05, 4.69) is 184 Å². The maximum atomic E-state index is 4.20. The first-order valence-electron chi connectivity index (χ1n) is 18.1. The molecule has 3 aliphatic rings. The van der Waals surface area contributed by atoms with E-state index in [-0.39, 0.29) is 0 Å². The van der Waals surface area contributed by atoms with Crippen molar-refractivity contribution in [2.45, 2.75) is 53.4 Å². The summed E-state index contributed by atoms with van der Waals surface area (Å²) in [6, 6.07) is 24.6. The quantitative estimate of drug-likeness (QED) is 0.142. The molecule has 0 aliphatic heterocycles. The second kappa shape index (κ2) is 15.9. The first kappa shape index (κ1) is 34.5. The number of rotatable bonds is 12. The number of nitrogens with zero attached hydrogens (tertiary/aromatic N) is 2. The van der Waals surface area contributed by atoms with Crippen molar-refractivity contribution in [2.75, 3.05) is 9.80 Å². The Morgan fingerprint density at radius 2 is 1.48 bits per heavy atom. The molecule has 0 heterocycles. The van der Waals surface area contributed by atoms with E-state index in [0.717, 1.165) is 37.1 Å². The minimum absolute atomic E-state index is 0.357. The lowest BCUT2D eigenvalue weighted by Gasteiger charge is -2.33. The van der Waals surface area contributed by atoms with Gasteiger partial charge in [-0.3, -0.25) is 0 Å². The SMILES string of the molecule is C=C/C=C\C=C(/C)N(C1=C2C=CC=C[C@@H]2CC=C1)c1ccc(-c2ccc(N(C3=C(CCC)[C@H](C=C)CC=C3)c3ccccc3)cc2C)c(C)c1. The molecule has 0 radical (unpaired) electrons. The van der Waals surface area contributed by atoms with Gasteiger partial charge in [-0.15, -0.1) is 6.58 Å². The van der Waals surface area contributed by atoms with E-state index >= 15 is 0 Å². The van der Waals surface area contributed by atoms with E-state index in [4.69, 9.17) is 0 Å². The van der Waals surface area contributed by atoms with Gasteiger partial charge in [-0.05, 0) is 128 Å². The molecule has 0 unspecified atom stereocenters. The van der Waals surface area contributed by atoms with E-state index in [1.165, 1.54) is 56.2 Å². The third kappa shape index (κ3) is 7.16. The number of allylic oxidation sites excluding steroid dienone is 16. The fourth-order valence-corrected chi connectivity index (χ4v) is 7.56. The number of hydrogen-bond donors (Lipinski definition) is 0. The highest BCUT2D eigenvalue weighted by Gasteiger charge is 2.25. The van der Waals surface area contributed by atoms with Gasteiger partial charge < -0.3 is 9.80 Å². The predicted octanol–water partition coefficient (Wildman–Crippen LogP) is 13.3. The van der Waals surface area contributed by atoms with Gasteiger partial charge in [0.2, 0.25) is 0 Å². The fourth-order valence-electron chi connectivity index (χ4n) is 7.56. The predicted molar refractivity (Wildman–Crippen MR) is 217 cm³/mol. The Bertz CT molecular complexity index is 1990. The molecule has 0 spiro atoms.